The normalized spacial score (nSPS) is 13.0. The van der Waals surface area contributed by atoms with Crippen LogP contribution >= 0.6 is 11.8 Å². The summed E-state index contributed by atoms with van der Waals surface area (Å²) in [6.45, 7) is 0.105. The number of nitro benzene ring substituents is 1. The first-order valence-electron chi connectivity index (χ1n) is 11.4. The van der Waals surface area contributed by atoms with Crippen molar-refractivity contribution in [2.45, 2.75) is 16.7 Å². The smallest absolute Gasteiger partial charge is 0.328 e. The molecule has 1 fully saturated rings. The maximum Gasteiger partial charge on any atom is 0.328 e. The molecule has 0 saturated carbocycles. The predicted molar refractivity (Wildman–Crippen MR) is 139 cm³/mol. The third kappa shape index (κ3) is 5.67. The van der Waals surface area contributed by atoms with Crippen LogP contribution in [0.25, 0.3) is 11.8 Å². The standard InChI is InChI=1S/C26H18N6O6S/c33-23-19(24(34)28-25(35)27-23)13-16-11-12-21(20(14-16)32(36)37)39-26-30-29-22(15-38-18-9-5-2-6-10-18)31(26)17-7-3-1-4-8-17/h1-14H,15H2,(H2,27,28,33,34,35). The molecule has 1 saturated heterocycles. The molecule has 194 valence electrons. The number of urea groups is 1. The van der Waals surface area contributed by atoms with Crippen molar-refractivity contribution in [2.75, 3.05) is 0 Å². The van der Waals surface area contributed by atoms with E-state index in [0.717, 1.165) is 17.4 Å². The van der Waals surface area contributed by atoms with Gasteiger partial charge in [0.1, 0.15) is 17.9 Å². The summed E-state index contributed by atoms with van der Waals surface area (Å²) < 4.78 is 7.61. The molecule has 0 unspecified atom stereocenters. The highest BCUT2D eigenvalue weighted by Crippen LogP contribution is 2.36. The quantitative estimate of drug-likeness (QED) is 0.147. The summed E-state index contributed by atoms with van der Waals surface area (Å²) in [7, 11) is 0. The molecule has 12 nitrogen and oxygen atoms in total. The molecule has 0 bridgehead atoms. The number of barbiturate groups is 1. The van der Waals surface area contributed by atoms with Gasteiger partial charge in [0.2, 0.25) is 5.16 Å². The number of hydrogen-bond acceptors (Lipinski definition) is 9. The van der Waals surface area contributed by atoms with Crippen molar-refractivity contribution in [1.29, 1.82) is 0 Å². The minimum atomic E-state index is -0.934. The Morgan fingerprint density at radius 1 is 0.923 bits per heavy atom. The number of carbonyl (C=O) groups is 3. The number of hydrogen-bond donors (Lipinski definition) is 2. The van der Waals surface area contributed by atoms with Gasteiger partial charge in [0.05, 0.1) is 9.82 Å². The topological polar surface area (TPSA) is 158 Å². The summed E-state index contributed by atoms with van der Waals surface area (Å²) in [6, 6.07) is 21.8. The van der Waals surface area contributed by atoms with Crippen LogP contribution in [0.1, 0.15) is 11.4 Å². The van der Waals surface area contributed by atoms with E-state index >= 15 is 0 Å². The van der Waals surface area contributed by atoms with Gasteiger partial charge < -0.3 is 4.74 Å². The maximum absolute atomic E-state index is 12.0. The molecule has 2 N–H and O–H groups in total. The van der Waals surface area contributed by atoms with Gasteiger partial charge in [0.25, 0.3) is 17.5 Å². The van der Waals surface area contributed by atoms with Gasteiger partial charge in [-0.1, -0.05) is 42.5 Å². The number of nitrogens with one attached hydrogen (secondary N) is 2. The van der Waals surface area contributed by atoms with Crippen molar-refractivity contribution in [3.05, 3.63) is 106 Å². The Morgan fingerprint density at radius 3 is 2.26 bits per heavy atom. The Hall–Kier alpha value is -5.30. The molecular formula is C26H18N6O6S. The summed E-state index contributed by atoms with van der Waals surface area (Å²) in [5.41, 5.74) is 0.342. The lowest BCUT2D eigenvalue weighted by atomic mass is 10.1. The Labute approximate surface area is 224 Å². The van der Waals surface area contributed by atoms with Crippen LogP contribution in [-0.2, 0) is 16.2 Å². The van der Waals surface area contributed by atoms with Gasteiger partial charge in [-0.25, -0.2) is 4.79 Å². The Balaban J connectivity index is 1.47. The zero-order valence-corrected chi connectivity index (χ0v) is 20.8. The van der Waals surface area contributed by atoms with Crippen LogP contribution in [0, 0.1) is 10.1 Å². The van der Waals surface area contributed by atoms with Gasteiger partial charge in [-0.15, -0.1) is 10.2 Å². The van der Waals surface area contributed by atoms with Crippen molar-refractivity contribution in [2.24, 2.45) is 0 Å². The summed E-state index contributed by atoms with van der Waals surface area (Å²) in [4.78, 5) is 47.0. The molecule has 5 rings (SSSR count). The lowest BCUT2D eigenvalue weighted by Gasteiger charge is -2.14. The highest BCUT2D eigenvalue weighted by Gasteiger charge is 2.28. The number of rotatable bonds is 8. The Kier molecular flexibility index (Phi) is 7.14. The Bertz CT molecular complexity index is 1600. The van der Waals surface area contributed by atoms with E-state index in [9.17, 15) is 24.5 Å². The van der Waals surface area contributed by atoms with Crippen molar-refractivity contribution >= 4 is 41.4 Å². The summed E-state index contributed by atoms with van der Waals surface area (Å²) in [6.07, 6.45) is 1.17. The molecule has 1 aliphatic heterocycles. The van der Waals surface area contributed by atoms with Crippen molar-refractivity contribution in [3.8, 4) is 11.4 Å². The second-order valence-electron chi connectivity index (χ2n) is 8.05. The summed E-state index contributed by atoms with van der Waals surface area (Å²) in [5.74, 6) is -0.656. The molecule has 1 aliphatic rings. The van der Waals surface area contributed by atoms with Gasteiger partial charge in [-0.05, 0) is 53.7 Å². The molecule has 39 heavy (non-hydrogen) atoms. The van der Waals surface area contributed by atoms with Crippen molar-refractivity contribution in [1.82, 2.24) is 25.4 Å². The molecule has 3 aromatic carbocycles. The van der Waals surface area contributed by atoms with E-state index in [4.69, 9.17) is 4.74 Å². The van der Waals surface area contributed by atoms with Gasteiger partial charge in [0.15, 0.2) is 5.82 Å². The first-order chi connectivity index (χ1) is 18.9. The van der Waals surface area contributed by atoms with Crippen LogP contribution in [0.15, 0.2) is 94.5 Å². The van der Waals surface area contributed by atoms with E-state index in [1.54, 1.807) is 4.57 Å². The van der Waals surface area contributed by atoms with Gasteiger partial charge in [-0.2, -0.15) is 0 Å². The minimum Gasteiger partial charge on any atom is -0.486 e. The largest absolute Gasteiger partial charge is 0.486 e. The molecule has 2 heterocycles. The molecule has 13 heteroatoms. The third-order valence-corrected chi connectivity index (χ3v) is 6.47. The fourth-order valence-electron chi connectivity index (χ4n) is 3.69. The van der Waals surface area contributed by atoms with E-state index in [0.29, 0.717) is 16.7 Å². The monoisotopic (exact) mass is 542 g/mol. The number of amides is 4. The second kappa shape index (κ2) is 11.0. The zero-order chi connectivity index (χ0) is 27.4. The number of aromatic nitrogens is 3. The number of nitro groups is 1. The molecule has 4 amide bonds. The molecule has 0 spiro atoms. The average molecular weight is 543 g/mol. The highest BCUT2D eigenvalue weighted by molar-refractivity contribution is 7.99. The van der Waals surface area contributed by atoms with Crippen LogP contribution in [-0.4, -0.2) is 37.5 Å². The minimum absolute atomic E-state index is 0.105. The van der Waals surface area contributed by atoms with Crippen molar-refractivity contribution in [3.63, 3.8) is 0 Å². The third-order valence-electron chi connectivity index (χ3n) is 5.46. The lowest BCUT2D eigenvalue weighted by Crippen LogP contribution is -2.51. The van der Waals surface area contributed by atoms with Gasteiger partial charge >= 0.3 is 6.03 Å². The molecule has 4 aromatic rings. The number of ether oxygens (including phenoxy) is 1. The number of para-hydroxylation sites is 2. The van der Waals surface area contributed by atoms with E-state index < -0.39 is 22.8 Å². The molecular weight excluding hydrogens is 524 g/mol. The van der Waals surface area contributed by atoms with Crippen LogP contribution in [0.3, 0.4) is 0 Å². The second-order valence-corrected chi connectivity index (χ2v) is 9.06. The molecule has 0 aliphatic carbocycles. The van der Waals surface area contributed by atoms with Crippen LogP contribution in [0.2, 0.25) is 0 Å². The average Bonchev–Trinajstić information content (AvgIpc) is 3.33. The van der Waals surface area contributed by atoms with Crippen LogP contribution in [0.4, 0.5) is 10.5 Å². The van der Waals surface area contributed by atoms with Gasteiger partial charge in [-0.3, -0.25) is 34.9 Å². The van der Waals surface area contributed by atoms with E-state index in [2.05, 4.69) is 10.2 Å². The van der Waals surface area contributed by atoms with E-state index in [-0.39, 0.29) is 28.3 Å². The van der Waals surface area contributed by atoms with Crippen LogP contribution in [0.5, 0.6) is 5.75 Å². The number of carbonyl (C=O) groups excluding carboxylic acids is 3. The fraction of sp³-hybridized carbons (Fsp3) is 0.0385. The fourth-order valence-corrected chi connectivity index (χ4v) is 4.64. The zero-order valence-electron chi connectivity index (χ0n) is 19.9. The Morgan fingerprint density at radius 2 is 1.59 bits per heavy atom. The maximum atomic E-state index is 12.0. The van der Waals surface area contributed by atoms with Crippen molar-refractivity contribution < 1.29 is 24.0 Å². The first-order valence-corrected chi connectivity index (χ1v) is 12.2. The number of benzene rings is 3. The highest BCUT2D eigenvalue weighted by atomic mass is 32.2. The first kappa shape index (κ1) is 25.4. The molecule has 0 atom stereocenters. The summed E-state index contributed by atoms with van der Waals surface area (Å²) in [5, 5.41) is 24.8. The molecule has 1 aromatic heterocycles. The number of imide groups is 2. The number of nitrogens with zero attached hydrogens (tertiary/aromatic N) is 4. The van der Waals surface area contributed by atoms with Gasteiger partial charge in [0, 0.05) is 11.8 Å². The van der Waals surface area contributed by atoms with E-state index in [1.165, 1.54) is 24.3 Å². The SMILES string of the molecule is O=C1NC(=O)C(=Cc2ccc(Sc3nnc(COc4ccccc4)n3-c3ccccc3)c([N+](=O)[O-])c2)C(=O)N1. The van der Waals surface area contributed by atoms with Crippen LogP contribution < -0.4 is 15.4 Å². The summed E-state index contributed by atoms with van der Waals surface area (Å²) >= 11 is 1.03. The van der Waals surface area contributed by atoms with E-state index in [1.807, 2.05) is 71.3 Å². The predicted octanol–water partition coefficient (Wildman–Crippen LogP) is 3.66. The molecule has 0 radical (unpaired) electrons. The lowest BCUT2D eigenvalue weighted by molar-refractivity contribution is -0.387.